The third-order valence-corrected chi connectivity index (χ3v) is 4.24. The lowest BCUT2D eigenvalue weighted by Crippen LogP contribution is -2.48. The van der Waals surface area contributed by atoms with Gasteiger partial charge in [-0.15, -0.1) is 0 Å². The molecule has 1 fully saturated rings. The zero-order valence-electron chi connectivity index (χ0n) is 12.0. The molecule has 1 aliphatic rings. The number of piperidine rings is 1. The first-order chi connectivity index (χ1) is 9.49. The van der Waals surface area contributed by atoms with Gasteiger partial charge in [0.25, 0.3) is 0 Å². The fourth-order valence-corrected chi connectivity index (χ4v) is 2.91. The maximum absolute atomic E-state index is 12.4. The highest BCUT2D eigenvalue weighted by atomic mass is 35.5. The summed E-state index contributed by atoms with van der Waals surface area (Å²) in [5, 5.41) is 3.46. The first-order valence-electron chi connectivity index (χ1n) is 7.10. The molecule has 0 aromatic heterocycles. The van der Waals surface area contributed by atoms with Crippen LogP contribution in [-0.4, -0.2) is 29.4 Å². The SMILES string of the molecule is CC1CCCCN1C(C)C(=O)Nc1ccc(Cl)cc1N. The van der Waals surface area contributed by atoms with Crippen LogP contribution in [0.25, 0.3) is 0 Å². The standard InChI is InChI=1S/C15H22ClN3O/c1-10-5-3-4-8-19(10)11(2)15(20)18-14-7-6-12(16)9-13(14)17/h6-7,9-11H,3-5,8,17H2,1-2H3,(H,18,20). The van der Waals surface area contributed by atoms with Crippen LogP contribution in [0.4, 0.5) is 11.4 Å². The minimum absolute atomic E-state index is 0.0206. The van der Waals surface area contributed by atoms with E-state index in [9.17, 15) is 4.79 Å². The van der Waals surface area contributed by atoms with Gasteiger partial charge in [0, 0.05) is 11.1 Å². The number of rotatable bonds is 3. The second-order valence-corrected chi connectivity index (χ2v) is 5.92. The van der Waals surface area contributed by atoms with Crippen LogP contribution in [0.1, 0.15) is 33.1 Å². The monoisotopic (exact) mass is 295 g/mol. The number of nitrogen functional groups attached to an aromatic ring is 1. The van der Waals surface area contributed by atoms with Gasteiger partial charge in [-0.2, -0.15) is 0 Å². The van der Waals surface area contributed by atoms with Crippen molar-refractivity contribution >= 4 is 28.9 Å². The highest BCUT2D eigenvalue weighted by Gasteiger charge is 2.27. The third-order valence-electron chi connectivity index (χ3n) is 4.00. The number of halogens is 1. The van der Waals surface area contributed by atoms with Crippen molar-refractivity contribution < 1.29 is 4.79 Å². The van der Waals surface area contributed by atoms with Gasteiger partial charge in [-0.1, -0.05) is 18.0 Å². The number of hydrogen-bond acceptors (Lipinski definition) is 3. The minimum Gasteiger partial charge on any atom is -0.397 e. The van der Waals surface area contributed by atoms with Gasteiger partial charge in [0.15, 0.2) is 0 Å². The Balaban J connectivity index is 2.03. The average molecular weight is 296 g/mol. The highest BCUT2D eigenvalue weighted by molar-refractivity contribution is 6.31. The van der Waals surface area contributed by atoms with E-state index in [0.717, 1.165) is 19.4 Å². The molecule has 1 aromatic carbocycles. The number of carbonyl (C=O) groups is 1. The van der Waals surface area contributed by atoms with E-state index in [1.54, 1.807) is 18.2 Å². The summed E-state index contributed by atoms with van der Waals surface area (Å²) in [6.45, 7) is 5.11. The Labute approximate surface area is 125 Å². The molecule has 3 N–H and O–H groups in total. The summed E-state index contributed by atoms with van der Waals surface area (Å²) < 4.78 is 0. The van der Waals surface area contributed by atoms with Crippen LogP contribution >= 0.6 is 11.6 Å². The van der Waals surface area contributed by atoms with Gasteiger partial charge >= 0.3 is 0 Å². The molecule has 1 saturated heterocycles. The van der Waals surface area contributed by atoms with Crippen LogP contribution in [0.15, 0.2) is 18.2 Å². The van der Waals surface area contributed by atoms with Crippen LogP contribution in [0, 0.1) is 0 Å². The quantitative estimate of drug-likeness (QED) is 0.842. The van der Waals surface area contributed by atoms with Crippen molar-refractivity contribution in [2.75, 3.05) is 17.6 Å². The molecule has 0 saturated carbocycles. The molecule has 2 atom stereocenters. The lowest BCUT2D eigenvalue weighted by molar-refractivity contribution is -0.122. The van der Waals surface area contributed by atoms with E-state index >= 15 is 0 Å². The number of anilines is 2. The van der Waals surface area contributed by atoms with Crippen LogP contribution in [0.5, 0.6) is 0 Å². The zero-order valence-corrected chi connectivity index (χ0v) is 12.8. The molecular formula is C15H22ClN3O. The molecule has 0 spiro atoms. The molecule has 110 valence electrons. The number of amides is 1. The minimum atomic E-state index is -0.152. The fourth-order valence-electron chi connectivity index (χ4n) is 2.73. The van der Waals surface area contributed by atoms with E-state index in [1.807, 2.05) is 6.92 Å². The summed E-state index contributed by atoms with van der Waals surface area (Å²) in [7, 11) is 0. The first kappa shape index (κ1) is 15.1. The largest absolute Gasteiger partial charge is 0.397 e. The fraction of sp³-hybridized carbons (Fsp3) is 0.533. The van der Waals surface area contributed by atoms with Crippen molar-refractivity contribution in [1.82, 2.24) is 4.90 Å². The topological polar surface area (TPSA) is 58.4 Å². The number of carbonyl (C=O) groups excluding carboxylic acids is 1. The van der Waals surface area contributed by atoms with Crippen molar-refractivity contribution in [3.05, 3.63) is 23.2 Å². The Morgan fingerprint density at radius 3 is 2.90 bits per heavy atom. The molecule has 1 aliphatic heterocycles. The summed E-state index contributed by atoms with van der Waals surface area (Å²) in [5.41, 5.74) is 6.97. The third kappa shape index (κ3) is 3.44. The van der Waals surface area contributed by atoms with Crippen molar-refractivity contribution in [1.29, 1.82) is 0 Å². The Bertz CT molecular complexity index is 492. The first-order valence-corrected chi connectivity index (χ1v) is 7.48. The van der Waals surface area contributed by atoms with Crippen molar-refractivity contribution in [2.24, 2.45) is 0 Å². The lowest BCUT2D eigenvalue weighted by atomic mass is 10.0. The van der Waals surface area contributed by atoms with E-state index < -0.39 is 0 Å². The van der Waals surface area contributed by atoms with Gasteiger partial charge in [0.1, 0.15) is 0 Å². The van der Waals surface area contributed by atoms with Gasteiger partial charge < -0.3 is 11.1 Å². The van der Waals surface area contributed by atoms with Crippen LogP contribution in [-0.2, 0) is 4.79 Å². The smallest absolute Gasteiger partial charge is 0.241 e. The second kappa shape index (κ2) is 6.46. The lowest BCUT2D eigenvalue weighted by Gasteiger charge is -2.37. The molecule has 2 rings (SSSR count). The Kier molecular flexibility index (Phi) is 4.89. The van der Waals surface area contributed by atoms with Crippen molar-refractivity contribution in [3.8, 4) is 0 Å². The van der Waals surface area contributed by atoms with E-state index in [1.165, 1.54) is 6.42 Å². The molecule has 4 nitrogen and oxygen atoms in total. The summed E-state index contributed by atoms with van der Waals surface area (Å²) in [5.74, 6) is -0.0206. The summed E-state index contributed by atoms with van der Waals surface area (Å²) in [4.78, 5) is 14.6. The summed E-state index contributed by atoms with van der Waals surface area (Å²) in [6, 6.07) is 5.40. The van der Waals surface area contributed by atoms with Gasteiger partial charge in [-0.05, 0) is 51.4 Å². The van der Waals surface area contributed by atoms with Gasteiger partial charge in [0.2, 0.25) is 5.91 Å². The number of benzene rings is 1. The number of nitrogens with two attached hydrogens (primary N) is 1. The molecular weight excluding hydrogens is 274 g/mol. The van der Waals surface area contributed by atoms with Gasteiger partial charge in [0.05, 0.1) is 17.4 Å². The molecule has 0 aliphatic carbocycles. The molecule has 0 radical (unpaired) electrons. The maximum Gasteiger partial charge on any atom is 0.241 e. The molecule has 20 heavy (non-hydrogen) atoms. The number of likely N-dealkylation sites (tertiary alicyclic amines) is 1. The normalized spacial score (nSPS) is 21.4. The Hall–Kier alpha value is -1.26. The molecule has 2 unspecified atom stereocenters. The highest BCUT2D eigenvalue weighted by Crippen LogP contribution is 2.24. The average Bonchev–Trinajstić information content (AvgIpc) is 2.41. The van der Waals surface area contributed by atoms with Crippen LogP contribution in [0.2, 0.25) is 5.02 Å². The predicted octanol–water partition coefficient (Wildman–Crippen LogP) is 3.12. The van der Waals surface area contributed by atoms with Crippen molar-refractivity contribution in [2.45, 2.75) is 45.2 Å². The van der Waals surface area contributed by atoms with Crippen LogP contribution in [0.3, 0.4) is 0 Å². The summed E-state index contributed by atoms with van der Waals surface area (Å²) >= 11 is 5.86. The number of nitrogens with zero attached hydrogens (tertiary/aromatic N) is 1. The Morgan fingerprint density at radius 2 is 2.25 bits per heavy atom. The van der Waals surface area contributed by atoms with E-state index in [4.69, 9.17) is 17.3 Å². The van der Waals surface area contributed by atoms with E-state index in [0.29, 0.717) is 22.4 Å². The van der Waals surface area contributed by atoms with Crippen molar-refractivity contribution in [3.63, 3.8) is 0 Å². The Morgan fingerprint density at radius 1 is 1.50 bits per heavy atom. The van der Waals surface area contributed by atoms with E-state index in [-0.39, 0.29) is 11.9 Å². The molecule has 0 bridgehead atoms. The van der Waals surface area contributed by atoms with Gasteiger partial charge in [-0.3, -0.25) is 9.69 Å². The number of nitrogens with one attached hydrogen (secondary N) is 1. The second-order valence-electron chi connectivity index (χ2n) is 5.48. The zero-order chi connectivity index (χ0) is 14.7. The summed E-state index contributed by atoms with van der Waals surface area (Å²) in [6.07, 6.45) is 3.56. The molecule has 1 aromatic rings. The van der Waals surface area contributed by atoms with Gasteiger partial charge in [-0.25, -0.2) is 0 Å². The maximum atomic E-state index is 12.4. The number of hydrogen-bond donors (Lipinski definition) is 2. The molecule has 5 heteroatoms. The molecule has 1 amide bonds. The predicted molar refractivity (Wildman–Crippen MR) is 84.0 cm³/mol. The molecule has 1 heterocycles. The van der Waals surface area contributed by atoms with E-state index in [2.05, 4.69) is 17.1 Å². The van der Waals surface area contributed by atoms with Crippen LogP contribution < -0.4 is 11.1 Å².